The normalized spacial score (nSPS) is 8.50. The molecular formula is C5H4BNO. The van der Waals surface area contributed by atoms with Gasteiger partial charge in [0.15, 0.2) is 0 Å². The first-order chi connectivity index (χ1) is 3.93. The zero-order valence-electron chi connectivity index (χ0n) is 4.24. The molecule has 2 nitrogen and oxygen atoms in total. The molecule has 0 N–H and O–H groups in total. The Hall–Kier alpha value is -0.985. The van der Waals surface area contributed by atoms with Gasteiger partial charge in [0, 0.05) is 6.20 Å². The van der Waals surface area contributed by atoms with Crippen LogP contribution in [0.4, 0.5) is 0 Å². The van der Waals surface area contributed by atoms with Crippen LogP contribution in [0.1, 0.15) is 0 Å². The molecule has 0 aliphatic carbocycles. The number of nitrogens with zero attached hydrogens (tertiary/aromatic N) is 1. The fraction of sp³-hybridized carbons (Fsp3) is 0. The number of aromatic nitrogens is 1. The molecule has 0 aliphatic heterocycles. The van der Waals surface area contributed by atoms with Gasteiger partial charge in [0.05, 0.1) is 6.20 Å². The van der Waals surface area contributed by atoms with Crippen LogP contribution in [0.25, 0.3) is 0 Å². The average Bonchev–Trinajstić information content (AvgIpc) is 1.90. The van der Waals surface area contributed by atoms with Gasteiger partial charge in [-0.1, -0.05) is 0 Å². The van der Waals surface area contributed by atoms with Crippen molar-refractivity contribution in [3.05, 3.63) is 24.5 Å². The van der Waals surface area contributed by atoms with Crippen LogP contribution >= 0.6 is 0 Å². The number of pyridine rings is 1. The molecule has 2 radical (unpaired) electrons. The van der Waals surface area contributed by atoms with E-state index >= 15 is 0 Å². The second-order valence-corrected chi connectivity index (χ2v) is 1.31. The number of rotatable bonds is 1. The zero-order valence-corrected chi connectivity index (χ0v) is 4.24. The lowest BCUT2D eigenvalue weighted by atomic mass is 10.4. The van der Waals surface area contributed by atoms with Crippen molar-refractivity contribution in [3.63, 3.8) is 0 Å². The fourth-order valence-electron chi connectivity index (χ4n) is 0.417. The Morgan fingerprint density at radius 3 is 2.88 bits per heavy atom. The molecule has 38 valence electrons. The van der Waals surface area contributed by atoms with Crippen molar-refractivity contribution in [2.45, 2.75) is 0 Å². The molecule has 0 saturated carbocycles. The van der Waals surface area contributed by atoms with Crippen LogP contribution in [0.5, 0.6) is 5.75 Å². The van der Waals surface area contributed by atoms with Gasteiger partial charge in [-0.05, 0) is 12.1 Å². The van der Waals surface area contributed by atoms with Crippen LogP contribution in [0.15, 0.2) is 24.5 Å². The molecule has 1 rings (SSSR count). The summed E-state index contributed by atoms with van der Waals surface area (Å²) in [5, 5.41) is 0. The summed E-state index contributed by atoms with van der Waals surface area (Å²) in [6.45, 7) is 0. The summed E-state index contributed by atoms with van der Waals surface area (Å²) >= 11 is 0. The smallest absolute Gasteiger partial charge is 0.374 e. The number of hydrogen-bond donors (Lipinski definition) is 0. The molecule has 0 unspecified atom stereocenters. The fourth-order valence-corrected chi connectivity index (χ4v) is 0.417. The van der Waals surface area contributed by atoms with Crippen molar-refractivity contribution in [2.75, 3.05) is 0 Å². The first kappa shape index (κ1) is 5.16. The third-order valence-electron chi connectivity index (χ3n) is 0.770. The molecule has 0 spiro atoms. The molecule has 0 saturated heterocycles. The Kier molecular flexibility index (Phi) is 1.52. The lowest BCUT2D eigenvalue weighted by molar-refractivity contribution is 0.612. The molecule has 8 heavy (non-hydrogen) atoms. The van der Waals surface area contributed by atoms with Crippen LogP contribution in [-0.2, 0) is 0 Å². The van der Waals surface area contributed by atoms with Crippen molar-refractivity contribution < 1.29 is 4.65 Å². The topological polar surface area (TPSA) is 22.1 Å². The summed E-state index contributed by atoms with van der Waals surface area (Å²) in [5.74, 6) is 0.576. The standard InChI is InChI=1S/C5H4BNO/c6-8-5-2-1-3-7-4-5/h1-4H. The van der Waals surface area contributed by atoms with E-state index in [4.69, 9.17) is 8.05 Å². The lowest BCUT2D eigenvalue weighted by Crippen LogP contribution is -1.83. The van der Waals surface area contributed by atoms with Crippen molar-refractivity contribution in [2.24, 2.45) is 0 Å². The van der Waals surface area contributed by atoms with Crippen molar-refractivity contribution in [3.8, 4) is 5.75 Å². The molecule has 0 atom stereocenters. The van der Waals surface area contributed by atoms with Crippen LogP contribution in [-0.4, -0.2) is 13.0 Å². The van der Waals surface area contributed by atoms with Gasteiger partial charge in [0.1, 0.15) is 5.75 Å². The first-order valence-electron chi connectivity index (χ1n) is 2.20. The Morgan fingerprint density at radius 2 is 2.50 bits per heavy atom. The molecule has 0 amide bonds. The van der Waals surface area contributed by atoms with E-state index in [1.807, 2.05) is 0 Å². The third-order valence-corrected chi connectivity index (χ3v) is 0.770. The second kappa shape index (κ2) is 2.35. The minimum atomic E-state index is 0.576. The van der Waals surface area contributed by atoms with Crippen molar-refractivity contribution in [1.29, 1.82) is 0 Å². The zero-order chi connectivity index (χ0) is 5.82. The van der Waals surface area contributed by atoms with Crippen molar-refractivity contribution >= 4 is 8.05 Å². The van der Waals surface area contributed by atoms with E-state index in [9.17, 15) is 0 Å². The monoisotopic (exact) mass is 105 g/mol. The molecule has 1 aromatic rings. The maximum Gasteiger partial charge on any atom is 0.374 e. The molecule has 3 heteroatoms. The highest BCUT2D eigenvalue weighted by atomic mass is 16.4. The van der Waals surface area contributed by atoms with Gasteiger partial charge in [-0.3, -0.25) is 4.98 Å². The summed E-state index contributed by atoms with van der Waals surface area (Å²) < 4.78 is 4.35. The van der Waals surface area contributed by atoms with Crippen molar-refractivity contribution in [1.82, 2.24) is 4.98 Å². The Labute approximate surface area is 49.0 Å². The quantitative estimate of drug-likeness (QED) is 0.486. The first-order valence-corrected chi connectivity index (χ1v) is 2.20. The molecule has 0 bridgehead atoms. The molecule has 1 heterocycles. The van der Waals surface area contributed by atoms with E-state index in [1.165, 1.54) is 0 Å². The van der Waals surface area contributed by atoms with Crippen LogP contribution in [0, 0.1) is 0 Å². The van der Waals surface area contributed by atoms with E-state index in [0.717, 1.165) is 0 Å². The van der Waals surface area contributed by atoms with E-state index in [1.54, 1.807) is 24.5 Å². The second-order valence-electron chi connectivity index (χ2n) is 1.31. The predicted octanol–water partition coefficient (Wildman–Crippen LogP) is 0.544. The Bertz CT molecular complexity index is 154. The van der Waals surface area contributed by atoms with Gasteiger partial charge in [0.2, 0.25) is 0 Å². The largest absolute Gasteiger partial charge is 0.567 e. The van der Waals surface area contributed by atoms with E-state index < -0.39 is 0 Å². The van der Waals surface area contributed by atoms with Gasteiger partial charge >= 0.3 is 8.05 Å². The van der Waals surface area contributed by atoms with Gasteiger partial charge in [-0.25, -0.2) is 0 Å². The minimum Gasteiger partial charge on any atom is -0.567 e. The number of hydrogen-bond acceptors (Lipinski definition) is 2. The molecule has 0 aliphatic rings. The minimum absolute atomic E-state index is 0.576. The maximum atomic E-state index is 4.81. The summed E-state index contributed by atoms with van der Waals surface area (Å²) in [6, 6.07) is 3.48. The average molecular weight is 105 g/mol. The maximum absolute atomic E-state index is 4.81. The highest BCUT2D eigenvalue weighted by Crippen LogP contribution is 2.02. The molecule has 1 aromatic heterocycles. The van der Waals surface area contributed by atoms with Crippen LogP contribution in [0.3, 0.4) is 0 Å². The van der Waals surface area contributed by atoms with E-state index in [0.29, 0.717) is 5.75 Å². The summed E-state index contributed by atoms with van der Waals surface area (Å²) in [5.41, 5.74) is 0. The Morgan fingerprint density at radius 1 is 1.62 bits per heavy atom. The highest BCUT2D eigenvalue weighted by molar-refractivity contribution is 5.99. The molecule has 0 fully saturated rings. The Balaban J connectivity index is 2.83. The van der Waals surface area contributed by atoms with Gasteiger partial charge in [-0.2, -0.15) is 0 Å². The van der Waals surface area contributed by atoms with Crippen LogP contribution < -0.4 is 4.65 Å². The molecule has 0 aromatic carbocycles. The predicted molar refractivity (Wildman–Crippen MR) is 30.6 cm³/mol. The van der Waals surface area contributed by atoms with Gasteiger partial charge in [0.25, 0.3) is 0 Å². The SMILES string of the molecule is [B]Oc1cccnc1. The summed E-state index contributed by atoms with van der Waals surface area (Å²) in [4.78, 5) is 3.75. The lowest BCUT2D eigenvalue weighted by Gasteiger charge is -1.94. The van der Waals surface area contributed by atoms with Gasteiger partial charge in [-0.15, -0.1) is 0 Å². The van der Waals surface area contributed by atoms with E-state index in [2.05, 4.69) is 9.64 Å². The van der Waals surface area contributed by atoms with E-state index in [-0.39, 0.29) is 0 Å². The molecular weight excluding hydrogens is 101 g/mol. The summed E-state index contributed by atoms with van der Waals surface area (Å²) in [6.07, 6.45) is 3.20. The summed E-state index contributed by atoms with van der Waals surface area (Å²) in [7, 11) is 4.81. The third kappa shape index (κ3) is 0.995. The highest BCUT2D eigenvalue weighted by Gasteiger charge is 1.81. The van der Waals surface area contributed by atoms with Crippen LogP contribution in [0.2, 0.25) is 0 Å². The van der Waals surface area contributed by atoms with Gasteiger partial charge < -0.3 is 4.65 Å².